The van der Waals surface area contributed by atoms with E-state index in [2.05, 4.69) is 15.2 Å². The molecule has 19 heavy (non-hydrogen) atoms. The summed E-state index contributed by atoms with van der Waals surface area (Å²) in [6.07, 6.45) is 5.59. The van der Waals surface area contributed by atoms with Crippen molar-refractivity contribution in [3.8, 4) is 0 Å². The van der Waals surface area contributed by atoms with Crippen molar-refractivity contribution in [3.63, 3.8) is 0 Å². The van der Waals surface area contributed by atoms with E-state index in [-0.39, 0.29) is 5.91 Å². The van der Waals surface area contributed by atoms with Crippen molar-refractivity contribution in [2.24, 2.45) is 0 Å². The van der Waals surface area contributed by atoms with Crippen LogP contribution >= 0.6 is 0 Å². The standard InChI is InChI=1S/C14H15N3O2/c18-14(12-4-3-9-19-12)16-11-5-6-13(15-10-11)17-7-1-2-8-17/h3-6,9-10H,1-2,7-8H2,(H,16,18). The minimum atomic E-state index is -0.263. The highest BCUT2D eigenvalue weighted by Gasteiger charge is 2.14. The number of rotatable bonds is 3. The first-order valence-corrected chi connectivity index (χ1v) is 6.39. The molecule has 0 radical (unpaired) electrons. The van der Waals surface area contributed by atoms with Gasteiger partial charge in [-0.2, -0.15) is 0 Å². The first-order valence-electron chi connectivity index (χ1n) is 6.39. The van der Waals surface area contributed by atoms with Gasteiger partial charge < -0.3 is 14.6 Å². The van der Waals surface area contributed by atoms with Crippen LogP contribution in [0.4, 0.5) is 11.5 Å². The molecule has 5 heteroatoms. The van der Waals surface area contributed by atoms with Crippen molar-refractivity contribution < 1.29 is 9.21 Å². The summed E-state index contributed by atoms with van der Waals surface area (Å²) in [6, 6.07) is 7.11. The summed E-state index contributed by atoms with van der Waals surface area (Å²) in [7, 11) is 0. The summed E-state index contributed by atoms with van der Waals surface area (Å²) < 4.78 is 5.03. The van der Waals surface area contributed by atoms with E-state index in [9.17, 15) is 4.79 Å². The van der Waals surface area contributed by atoms with Crippen LogP contribution in [-0.4, -0.2) is 24.0 Å². The Morgan fingerprint density at radius 3 is 2.74 bits per heavy atom. The second kappa shape index (κ2) is 5.14. The Morgan fingerprint density at radius 2 is 2.11 bits per heavy atom. The highest BCUT2D eigenvalue weighted by atomic mass is 16.3. The largest absolute Gasteiger partial charge is 0.459 e. The predicted octanol–water partition coefficient (Wildman–Crippen LogP) is 2.53. The molecule has 0 atom stereocenters. The smallest absolute Gasteiger partial charge is 0.291 e. The summed E-state index contributed by atoms with van der Waals surface area (Å²) in [5.74, 6) is 0.998. The van der Waals surface area contributed by atoms with Crippen LogP contribution < -0.4 is 10.2 Å². The van der Waals surface area contributed by atoms with Crippen LogP contribution in [-0.2, 0) is 0 Å². The molecule has 2 aromatic rings. The van der Waals surface area contributed by atoms with Gasteiger partial charge in [0.15, 0.2) is 5.76 Å². The van der Waals surface area contributed by atoms with Gasteiger partial charge >= 0.3 is 0 Å². The molecular formula is C14H15N3O2. The number of hydrogen-bond acceptors (Lipinski definition) is 4. The molecule has 5 nitrogen and oxygen atoms in total. The summed E-state index contributed by atoms with van der Waals surface area (Å²) in [4.78, 5) is 18.4. The predicted molar refractivity (Wildman–Crippen MR) is 72.3 cm³/mol. The lowest BCUT2D eigenvalue weighted by Gasteiger charge is -2.16. The van der Waals surface area contributed by atoms with Crippen LogP contribution in [0.3, 0.4) is 0 Å². The summed E-state index contributed by atoms with van der Waals surface area (Å²) in [5, 5.41) is 2.75. The SMILES string of the molecule is O=C(Nc1ccc(N2CCCC2)nc1)c1ccco1. The van der Waals surface area contributed by atoms with Crippen molar-refractivity contribution in [2.45, 2.75) is 12.8 Å². The molecule has 0 aliphatic carbocycles. The molecular weight excluding hydrogens is 242 g/mol. The van der Waals surface area contributed by atoms with Gasteiger partial charge in [0.2, 0.25) is 0 Å². The fourth-order valence-corrected chi connectivity index (χ4v) is 2.19. The number of nitrogens with one attached hydrogen (secondary N) is 1. The van der Waals surface area contributed by atoms with E-state index in [1.54, 1.807) is 18.3 Å². The first-order chi connectivity index (χ1) is 9.33. The first kappa shape index (κ1) is 11.8. The third-order valence-corrected chi connectivity index (χ3v) is 3.18. The van der Waals surface area contributed by atoms with Gasteiger partial charge in [-0.25, -0.2) is 4.98 Å². The van der Waals surface area contributed by atoms with Crippen molar-refractivity contribution in [1.82, 2.24) is 4.98 Å². The molecule has 1 amide bonds. The minimum Gasteiger partial charge on any atom is -0.459 e. The van der Waals surface area contributed by atoms with Crippen molar-refractivity contribution in [2.75, 3.05) is 23.3 Å². The van der Waals surface area contributed by atoms with Crippen LogP contribution in [0.15, 0.2) is 41.1 Å². The number of carbonyl (C=O) groups is 1. The van der Waals surface area contributed by atoms with Crippen LogP contribution in [0, 0.1) is 0 Å². The average molecular weight is 257 g/mol. The van der Waals surface area contributed by atoms with E-state index in [1.165, 1.54) is 19.1 Å². The average Bonchev–Trinajstić information content (AvgIpc) is 3.13. The molecule has 0 saturated carbocycles. The molecule has 3 rings (SSSR count). The third-order valence-electron chi connectivity index (χ3n) is 3.18. The van der Waals surface area contributed by atoms with Gasteiger partial charge in [0.1, 0.15) is 5.82 Å². The molecule has 1 aliphatic heterocycles. The number of aromatic nitrogens is 1. The van der Waals surface area contributed by atoms with Gasteiger partial charge in [0.25, 0.3) is 5.91 Å². The molecule has 1 N–H and O–H groups in total. The lowest BCUT2D eigenvalue weighted by Crippen LogP contribution is -2.19. The van der Waals surface area contributed by atoms with E-state index in [0.717, 1.165) is 18.9 Å². The molecule has 3 heterocycles. The van der Waals surface area contributed by atoms with Gasteiger partial charge in [0, 0.05) is 13.1 Å². The normalized spacial score (nSPS) is 14.6. The van der Waals surface area contributed by atoms with Gasteiger partial charge in [-0.1, -0.05) is 0 Å². The molecule has 98 valence electrons. The number of amides is 1. The zero-order valence-corrected chi connectivity index (χ0v) is 10.5. The molecule has 0 aromatic carbocycles. The molecule has 0 unspecified atom stereocenters. The van der Waals surface area contributed by atoms with Crippen LogP contribution in [0.25, 0.3) is 0 Å². The fraction of sp³-hybridized carbons (Fsp3) is 0.286. The van der Waals surface area contributed by atoms with E-state index >= 15 is 0 Å². The Morgan fingerprint density at radius 1 is 1.26 bits per heavy atom. The van der Waals surface area contributed by atoms with E-state index < -0.39 is 0 Å². The molecule has 1 saturated heterocycles. The topological polar surface area (TPSA) is 58.4 Å². The lowest BCUT2D eigenvalue weighted by atomic mass is 10.3. The van der Waals surface area contributed by atoms with Gasteiger partial charge in [-0.3, -0.25) is 4.79 Å². The molecule has 0 spiro atoms. The maximum Gasteiger partial charge on any atom is 0.291 e. The minimum absolute atomic E-state index is 0.263. The molecule has 2 aromatic heterocycles. The third kappa shape index (κ3) is 2.59. The van der Waals surface area contributed by atoms with Gasteiger partial charge in [-0.05, 0) is 37.1 Å². The summed E-state index contributed by atoms with van der Waals surface area (Å²) >= 11 is 0. The number of furan rings is 1. The van der Waals surface area contributed by atoms with Crippen molar-refractivity contribution >= 4 is 17.4 Å². The quantitative estimate of drug-likeness (QED) is 0.918. The van der Waals surface area contributed by atoms with Crippen LogP contribution in [0.2, 0.25) is 0 Å². The highest BCUT2D eigenvalue weighted by Crippen LogP contribution is 2.19. The van der Waals surface area contributed by atoms with E-state index in [0.29, 0.717) is 11.4 Å². The fourth-order valence-electron chi connectivity index (χ4n) is 2.19. The Bertz CT molecular complexity index is 543. The van der Waals surface area contributed by atoms with Gasteiger partial charge in [0.05, 0.1) is 18.1 Å². The number of nitrogens with zero attached hydrogens (tertiary/aromatic N) is 2. The van der Waals surface area contributed by atoms with Crippen LogP contribution in [0.5, 0.6) is 0 Å². The van der Waals surface area contributed by atoms with E-state index in [1.807, 2.05) is 12.1 Å². The second-order valence-corrected chi connectivity index (χ2v) is 4.53. The Kier molecular flexibility index (Phi) is 3.18. The van der Waals surface area contributed by atoms with Crippen molar-refractivity contribution in [1.29, 1.82) is 0 Å². The monoisotopic (exact) mass is 257 g/mol. The number of carbonyl (C=O) groups excluding carboxylic acids is 1. The Labute approximate surface area is 111 Å². The zero-order chi connectivity index (χ0) is 13.1. The highest BCUT2D eigenvalue weighted by molar-refractivity contribution is 6.02. The molecule has 1 fully saturated rings. The summed E-state index contributed by atoms with van der Waals surface area (Å²) in [6.45, 7) is 2.12. The zero-order valence-electron chi connectivity index (χ0n) is 10.5. The van der Waals surface area contributed by atoms with Gasteiger partial charge in [-0.15, -0.1) is 0 Å². The lowest BCUT2D eigenvalue weighted by molar-refractivity contribution is 0.0996. The number of pyridine rings is 1. The summed E-state index contributed by atoms with van der Waals surface area (Å²) in [5.41, 5.74) is 0.671. The number of anilines is 2. The Balaban J connectivity index is 1.67. The maximum absolute atomic E-state index is 11.8. The maximum atomic E-state index is 11.8. The Hall–Kier alpha value is -2.30. The number of hydrogen-bond donors (Lipinski definition) is 1. The van der Waals surface area contributed by atoms with Crippen LogP contribution in [0.1, 0.15) is 23.4 Å². The second-order valence-electron chi connectivity index (χ2n) is 4.53. The van der Waals surface area contributed by atoms with Crippen molar-refractivity contribution in [3.05, 3.63) is 42.5 Å². The molecule has 0 bridgehead atoms. The van der Waals surface area contributed by atoms with E-state index in [4.69, 9.17) is 4.42 Å². The molecule has 1 aliphatic rings.